The second-order valence-corrected chi connectivity index (χ2v) is 6.95. The van der Waals surface area contributed by atoms with E-state index in [4.69, 9.17) is 17.0 Å². The molecule has 1 aromatic rings. The first-order valence-corrected chi connectivity index (χ1v) is 11.2. The third kappa shape index (κ3) is 6.03. The van der Waals surface area contributed by atoms with E-state index in [1.54, 1.807) is 6.21 Å². The summed E-state index contributed by atoms with van der Waals surface area (Å²) in [6.45, 7) is 6.62. The summed E-state index contributed by atoms with van der Waals surface area (Å²) in [6.07, 6.45) is 1.72. The molecule has 16 heavy (non-hydrogen) atoms. The van der Waals surface area contributed by atoms with Crippen LogP contribution < -0.4 is 0 Å². The van der Waals surface area contributed by atoms with Gasteiger partial charge in [-0.05, 0) is 38.0 Å². The summed E-state index contributed by atoms with van der Waals surface area (Å²) in [6, 6.07) is 3.89. The van der Waals surface area contributed by atoms with Crippen LogP contribution in [0.15, 0.2) is 17.1 Å². The molecule has 88 valence electrons. The van der Waals surface area contributed by atoms with Gasteiger partial charge in [-0.1, -0.05) is 6.07 Å². The maximum atomic E-state index is 9.66. The van der Waals surface area contributed by atoms with Crippen molar-refractivity contribution in [3.8, 4) is 5.75 Å². The quantitative estimate of drug-likeness (QED) is 0.816. The van der Waals surface area contributed by atoms with Crippen molar-refractivity contribution in [3.63, 3.8) is 0 Å². The van der Waals surface area contributed by atoms with Gasteiger partial charge in [-0.15, -0.1) is 0 Å². The van der Waals surface area contributed by atoms with Crippen molar-refractivity contribution < 1.29 is 26.0 Å². The van der Waals surface area contributed by atoms with Crippen molar-refractivity contribution in [2.75, 3.05) is 6.54 Å². The fraction of sp³-hybridized carbons (Fsp3) is 0.364. The van der Waals surface area contributed by atoms with Crippen molar-refractivity contribution in [2.45, 2.75) is 20.8 Å². The Balaban J connectivity index is 0.000000673. The van der Waals surface area contributed by atoms with E-state index in [9.17, 15) is 5.11 Å². The van der Waals surface area contributed by atoms with E-state index < -0.39 is 20.8 Å². The van der Waals surface area contributed by atoms with Crippen molar-refractivity contribution in [2.24, 2.45) is 4.99 Å². The van der Waals surface area contributed by atoms with Gasteiger partial charge >= 0.3 is 37.9 Å². The molecule has 0 aliphatic rings. The van der Waals surface area contributed by atoms with E-state index in [1.807, 2.05) is 32.9 Å². The topological polar surface area (TPSA) is 32.6 Å². The summed E-state index contributed by atoms with van der Waals surface area (Å²) in [5, 5.41) is 9.66. The number of hydrogen-bond donors (Lipinski definition) is 1. The Morgan fingerprint density at radius 1 is 1.38 bits per heavy atom. The molecule has 1 aromatic carbocycles. The first kappa shape index (κ1) is 16.2. The molecule has 0 radical (unpaired) electrons. The third-order valence-corrected chi connectivity index (χ3v) is 1.89. The first-order valence-electron chi connectivity index (χ1n) is 4.83. The van der Waals surface area contributed by atoms with E-state index in [0.717, 1.165) is 23.2 Å². The van der Waals surface area contributed by atoms with Gasteiger partial charge in [0, 0.05) is 18.3 Å². The zero-order chi connectivity index (χ0) is 12.6. The molecule has 5 heteroatoms. The van der Waals surface area contributed by atoms with Crippen LogP contribution in [-0.4, -0.2) is 17.9 Å². The number of aromatic hydroxyl groups is 1. The van der Waals surface area contributed by atoms with Crippen LogP contribution in [0.2, 0.25) is 0 Å². The normalized spacial score (nSPS) is 9.81. The summed E-state index contributed by atoms with van der Waals surface area (Å²) in [7, 11) is 9.87. The van der Waals surface area contributed by atoms with Gasteiger partial charge in [-0.2, -0.15) is 0 Å². The summed E-state index contributed by atoms with van der Waals surface area (Å²) in [5.74, 6) is 0.336. The van der Waals surface area contributed by atoms with Crippen LogP contribution in [0.3, 0.4) is 0 Å². The van der Waals surface area contributed by atoms with Crippen molar-refractivity contribution in [1.29, 1.82) is 0 Å². The molecule has 0 amide bonds. The van der Waals surface area contributed by atoms with E-state index in [-0.39, 0.29) is 0 Å². The molecule has 0 aliphatic carbocycles. The van der Waals surface area contributed by atoms with E-state index in [1.165, 1.54) is 0 Å². The second kappa shape index (κ2) is 9.21. The summed E-state index contributed by atoms with van der Waals surface area (Å²) in [5.41, 5.74) is 2.85. The number of benzene rings is 1. The molecule has 0 aliphatic heterocycles. The zero-order valence-corrected chi connectivity index (χ0v) is 13.6. The van der Waals surface area contributed by atoms with Crippen LogP contribution in [0.25, 0.3) is 0 Å². The summed E-state index contributed by atoms with van der Waals surface area (Å²) in [4.78, 5) is 4.10. The zero-order valence-electron chi connectivity index (χ0n) is 9.59. The number of aliphatic imine (C=N–C) groups is 1. The molecule has 0 saturated heterocycles. The molecule has 2 nitrogen and oxygen atoms in total. The first-order chi connectivity index (χ1) is 7.56. The van der Waals surface area contributed by atoms with E-state index in [0.29, 0.717) is 5.75 Å². The molecule has 0 aromatic heterocycles. The summed E-state index contributed by atoms with van der Waals surface area (Å²) < 4.78 is 0. The summed E-state index contributed by atoms with van der Waals surface area (Å²) >= 11 is -0.826. The average Bonchev–Trinajstić information content (AvgIpc) is 2.22. The maximum absolute atomic E-state index is 9.66. The van der Waals surface area contributed by atoms with Gasteiger partial charge < -0.3 is 5.11 Å². The Morgan fingerprint density at radius 3 is 2.44 bits per heavy atom. The molecule has 0 heterocycles. The van der Waals surface area contributed by atoms with E-state index in [2.05, 4.69) is 4.99 Å². The number of aryl methyl sites for hydroxylation is 2. The second-order valence-electron chi connectivity index (χ2n) is 3.22. The molecule has 0 spiro atoms. The fourth-order valence-corrected chi connectivity index (χ4v) is 1.28. The van der Waals surface area contributed by atoms with Crippen LogP contribution in [0.1, 0.15) is 23.6 Å². The Labute approximate surface area is 115 Å². The average molecular weight is 339 g/mol. The number of rotatable bonds is 2. The van der Waals surface area contributed by atoms with Crippen LogP contribution in [-0.2, 0) is 20.8 Å². The molecule has 1 N–H and O–H groups in total. The van der Waals surface area contributed by atoms with Gasteiger partial charge in [-0.25, -0.2) is 0 Å². The number of hydrogen-bond acceptors (Lipinski definition) is 2. The Morgan fingerprint density at radius 2 is 1.94 bits per heavy atom. The van der Waals surface area contributed by atoms with Crippen LogP contribution in [0.4, 0.5) is 0 Å². The van der Waals surface area contributed by atoms with Gasteiger partial charge in [0.1, 0.15) is 5.75 Å². The van der Waals surface area contributed by atoms with Gasteiger partial charge in [-0.3, -0.25) is 4.99 Å². The Bertz CT molecular complexity index is 356. The molecule has 0 saturated carbocycles. The minimum atomic E-state index is -0.826. The molecule has 0 bridgehead atoms. The monoisotopic (exact) mass is 337 g/mol. The predicted molar refractivity (Wildman–Crippen MR) is 67.4 cm³/mol. The van der Waals surface area contributed by atoms with E-state index >= 15 is 0 Å². The van der Waals surface area contributed by atoms with Crippen LogP contribution in [0, 0.1) is 13.8 Å². The molecule has 0 fully saturated rings. The van der Waals surface area contributed by atoms with Crippen molar-refractivity contribution >= 4 is 23.2 Å². The molecule has 0 unspecified atom stereocenters. The van der Waals surface area contributed by atoms with Gasteiger partial charge in [0.2, 0.25) is 0 Å². The standard InChI is InChI=1S/C11H15NO.2ClH.Zr/c1-4-12-7-10-6-8(2)5-9(3)11(10)13;;;/h5-7,13H,4H2,1-3H3;2*1H;/q;;;+2/p-2. The van der Waals surface area contributed by atoms with Crippen molar-refractivity contribution in [1.82, 2.24) is 0 Å². The third-order valence-electron chi connectivity index (χ3n) is 1.89. The van der Waals surface area contributed by atoms with Crippen LogP contribution in [0.5, 0.6) is 5.75 Å². The minimum absolute atomic E-state index is 0.336. The number of phenolic OH excluding ortho intramolecular Hbond substituents is 1. The van der Waals surface area contributed by atoms with Gasteiger partial charge in [0.05, 0.1) is 0 Å². The van der Waals surface area contributed by atoms with Gasteiger partial charge in [0.25, 0.3) is 0 Å². The Kier molecular flexibility index (Phi) is 9.30. The number of phenols is 1. The number of nitrogens with zero attached hydrogens (tertiary/aromatic N) is 1. The molecular formula is C11H15Cl2NOZr. The van der Waals surface area contributed by atoms with Crippen molar-refractivity contribution in [3.05, 3.63) is 28.8 Å². The van der Waals surface area contributed by atoms with Gasteiger partial charge in [0.15, 0.2) is 0 Å². The Hall–Kier alpha value is 0.153. The predicted octanol–water partition coefficient (Wildman–Crippen LogP) is 3.82. The fourth-order valence-electron chi connectivity index (χ4n) is 1.28. The van der Waals surface area contributed by atoms with Crippen LogP contribution >= 0.6 is 17.0 Å². The SMILES string of the molecule is CCN=Cc1cc(C)cc(C)c1O.[Cl][Zr][Cl]. The molecule has 1 rings (SSSR count). The molecular weight excluding hydrogens is 324 g/mol. The number of halogens is 2. The molecule has 0 atom stereocenters.